The van der Waals surface area contributed by atoms with E-state index in [1.165, 1.54) is 0 Å². The van der Waals surface area contributed by atoms with E-state index in [4.69, 9.17) is 9.84 Å². The molecule has 4 nitrogen and oxygen atoms in total. The number of benzene rings is 1. The van der Waals surface area contributed by atoms with Crippen molar-refractivity contribution in [2.45, 2.75) is 12.8 Å². The number of anilines is 1. The predicted molar refractivity (Wildman–Crippen MR) is 77.9 cm³/mol. The Bertz CT molecular complexity index is 458. The van der Waals surface area contributed by atoms with Crippen molar-refractivity contribution in [3.05, 3.63) is 28.2 Å². The molecule has 1 fully saturated rings. The zero-order chi connectivity index (χ0) is 13.8. The molecule has 1 heterocycles. The molecule has 19 heavy (non-hydrogen) atoms. The third-order valence-corrected chi connectivity index (χ3v) is 4.11. The van der Waals surface area contributed by atoms with Gasteiger partial charge in [-0.25, -0.2) is 4.79 Å². The number of halogens is 1. The number of ether oxygens (including phenoxy) is 1. The molecule has 0 atom stereocenters. The van der Waals surface area contributed by atoms with Gasteiger partial charge in [-0.1, -0.05) is 0 Å². The second-order valence-corrected chi connectivity index (χ2v) is 5.76. The Balaban J connectivity index is 2.05. The van der Waals surface area contributed by atoms with Gasteiger partial charge in [-0.3, -0.25) is 0 Å². The van der Waals surface area contributed by atoms with Crippen LogP contribution in [0.3, 0.4) is 0 Å². The summed E-state index contributed by atoms with van der Waals surface area (Å²) in [5.74, 6) is -0.260. The number of aromatic carboxylic acids is 1. The first-order valence-corrected chi connectivity index (χ1v) is 7.19. The number of carbonyl (C=O) groups is 1. The molecule has 0 spiro atoms. The van der Waals surface area contributed by atoms with E-state index >= 15 is 0 Å². The van der Waals surface area contributed by atoms with Gasteiger partial charge in [-0.05, 0) is 52.9 Å². The number of carboxylic acids is 1. The van der Waals surface area contributed by atoms with Gasteiger partial charge < -0.3 is 14.7 Å². The molecule has 1 N–H and O–H groups in total. The summed E-state index contributed by atoms with van der Waals surface area (Å²) in [6.07, 6.45) is 2.18. The third-order valence-electron chi connectivity index (χ3n) is 3.48. The average molecular weight is 328 g/mol. The van der Waals surface area contributed by atoms with E-state index < -0.39 is 5.97 Å². The SMILES string of the molecule is CN(CC1CCOCC1)c1ccc(C(=O)O)cc1Br. The van der Waals surface area contributed by atoms with Crippen molar-refractivity contribution in [1.29, 1.82) is 0 Å². The molecule has 5 heteroatoms. The lowest BCUT2D eigenvalue weighted by Crippen LogP contribution is -2.29. The van der Waals surface area contributed by atoms with E-state index in [2.05, 4.69) is 20.8 Å². The summed E-state index contributed by atoms with van der Waals surface area (Å²) in [6.45, 7) is 2.66. The third kappa shape index (κ3) is 3.70. The van der Waals surface area contributed by atoms with Crippen LogP contribution in [0.2, 0.25) is 0 Å². The molecule has 0 bridgehead atoms. The van der Waals surface area contributed by atoms with Gasteiger partial charge >= 0.3 is 5.97 Å². The first-order chi connectivity index (χ1) is 9.08. The Labute approximate surface area is 121 Å². The summed E-state index contributed by atoms with van der Waals surface area (Å²) in [5, 5.41) is 8.95. The van der Waals surface area contributed by atoms with Gasteiger partial charge in [0.15, 0.2) is 0 Å². The van der Waals surface area contributed by atoms with Crippen LogP contribution in [0.15, 0.2) is 22.7 Å². The maximum Gasteiger partial charge on any atom is 0.335 e. The molecule has 1 aromatic carbocycles. The van der Waals surface area contributed by atoms with E-state index in [1.807, 2.05) is 13.1 Å². The van der Waals surface area contributed by atoms with Gasteiger partial charge in [0.1, 0.15) is 0 Å². The van der Waals surface area contributed by atoms with Crippen LogP contribution in [0.1, 0.15) is 23.2 Å². The molecule has 1 aromatic rings. The van der Waals surface area contributed by atoms with E-state index in [0.29, 0.717) is 11.5 Å². The summed E-state index contributed by atoms with van der Waals surface area (Å²) < 4.78 is 6.18. The normalized spacial score (nSPS) is 16.3. The predicted octanol–water partition coefficient (Wildman–Crippen LogP) is 3.01. The van der Waals surface area contributed by atoms with Crippen molar-refractivity contribution >= 4 is 27.6 Å². The van der Waals surface area contributed by atoms with Crippen molar-refractivity contribution in [2.75, 3.05) is 31.7 Å². The second-order valence-electron chi connectivity index (χ2n) is 4.91. The van der Waals surface area contributed by atoms with Crippen LogP contribution in [0, 0.1) is 5.92 Å². The van der Waals surface area contributed by atoms with Crippen molar-refractivity contribution in [3.8, 4) is 0 Å². The maximum absolute atomic E-state index is 10.9. The minimum Gasteiger partial charge on any atom is -0.478 e. The summed E-state index contributed by atoms with van der Waals surface area (Å²) in [6, 6.07) is 5.15. The zero-order valence-corrected chi connectivity index (χ0v) is 12.5. The van der Waals surface area contributed by atoms with Gasteiger partial charge in [0, 0.05) is 31.3 Å². The van der Waals surface area contributed by atoms with E-state index in [-0.39, 0.29) is 0 Å². The van der Waals surface area contributed by atoms with Crippen LogP contribution >= 0.6 is 15.9 Å². The molecule has 0 amide bonds. The summed E-state index contributed by atoms with van der Waals surface area (Å²) >= 11 is 3.45. The minimum absolute atomic E-state index is 0.301. The Hall–Kier alpha value is -1.07. The first kappa shape index (κ1) is 14.3. The van der Waals surface area contributed by atoms with Gasteiger partial charge in [0.2, 0.25) is 0 Å². The largest absolute Gasteiger partial charge is 0.478 e. The lowest BCUT2D eigenvalue weighted by molar-refractivity contribution is 0.0683. The highest BCUT2D eigenvalue weighted by molar-refractivity contribution is 9.10. The number of hydrogen-bond donors (Lipinski definition) is 1. The van der Waals surface area contributed by atoms with Gasteiger partial charge in [0.05, 0.1) is 11.3 Å². The van der Waals surface area contributed by atoms with E-state index in [1.54, 1.807) is 12.1 Å². The number of hydrogen-bond acceptors (Lipinski definition) is 3. The van der Waals surface area contributed by atoms with Crippen molar-refractivity contribution in [2.24, 2.45) is 5.92 Å². The molecule has 104 valence electrons. The molecule has 0 aromatic heterocycles. The van der Waals surface area contributed by atoms with Crippen LogP contribution in [0.4, 0.5) is 5.69 Å². The summed E-state index contributed by atoms with van der Waals surface area (Å²) in [4.78, 5) is 13.1. The van der Waals surface area contributed by atoms with E-state index in [9.17, 15) is 4.79 Å². The molecule has 2 rings (SSSR count). The quantitative estimate of drug-likeness (QED) is 0.923. The highest BCUT2D eigenvalue weighted by Gasteiger charge is 2.17. The number of carboxylic acid groups (broad SMARTS) is 1. The highest BCUT2D eigenvalue weighted by atomic mass is 79.9. The smallest absolute Gasteiger partial charge is 0.335 e. The van der Waals surface area contributed by atoms with Gasteiger partial charge in [-0.2, -0.15) is 0 Å². The fourth-order valence-electron chi connectivity index (χ4n) is 2.36. The highest BCUT2D eigenvalue weighted by Crippen LogP contribution is 2.28. The molecule has 1 saturated heterocycles. The molecule has 0 aliphatic carbocycles. The molecular formula is C14H18BrNO3. The first-order valence-electron chi connectivity index (χ1n) is 6.39. The van der Waals surface area contributed by atoms with Crippen molar-refractivity contribution in [1.82, 2.24) is 0 Å². The fraction of sp³-hybridized carbons (Fsp3) is 0.500. The molecule has 1 aliphatic rings. The van der Waals surface area contributed by atoms with Crippen LogP contribution < -0.4 is 4.90 Å². The summed E-state index contributed by atoms with van der Waals surface area (Å²) in [5.41, 5.74) is 1.33. The van der Waals surface area contributed by atoms with Crippen molar-refractivity contribution < 1.29 is 14.6 Å². The van der Waals surface area contributed by atoms with Gasteiger partial charge in [-0.15, -0.1) is 0 Å². The lowest BCUT2D eigenvalue weighted by atomic mass is 9.99. The van der Waals surface area contributed by atoms with Crippen LogP contribution in [-0.4, -0.2) is 37.9 Å². The topological polar surface area (TPSA) is 49.8 Å². The molecular weight excluding hydrogens is 310 g/mol. The monoisotopic (exact) mass is 327 g/mol. The Morgan fingerprint density at radius 2 is 2.16 bits per heavy atom. The second kappa shape index (κ2) is 6.39. The van der Waals surface area contributed by atoms with Crippen LogP contribution in [0.25, 0.3) is 0 Å². The molecule has 0 saturated carbocycles. The number of rotatable bonds is 4. The van der Waals surface area contributed by atoms with Gasteiger partial charge in [0.25, 0.3) is 0 Å². The fourth-order valence-corrected chi connectivity index (χ4v) is 3.05. The van der Waals surface area contributed by atoms with Crippen molar-refractivity contribution in [3.63, 3.8) is 0 Å². The number of nitrogens with zero attached hydrogens (tertiary/aromatic N) is 1. The zero-order valence-electron chi connectivity index (χ0n) is 10.9. The Kier molecular flexibility index (Phi) is 4.82. The average Bonchev–Trinajstić information content (AvgIpc) is 2.39. The minimum atomic E-state index is -0.903. The molecule has 0 unspecified atom stereocenters. The van der Waals surface area contributed by atoms with Crippen LogP contribution in [0.5, 0.6) is 0 Å². The summed E-state index contributed by atoms with van der Waals surface area (Å²) in [7, 11) is 2.04. The standard InChI is InChI=1S/C14H18BrNO3/c1-16(9-10-4-6-19-7-5-10)13-3-2-11(14(17)18)8-12(13)15/h2-3,8,10H,4-7,9H2,1H3,(H,17,18). The van der Waals surface area contributed by atoms with E-state index in [0.717, 1.165) is 42.8 Å². The Morgan fingerprint density at radius 1 is 1.47 bits per heavy atom. The molecule has 0 radical (unpaired) electrons. The Morgan fingerprint density at radius 3 is 2.74 bits per heavy atom. The van der Waals surface area contributed by atoms with Crippen LogP contribution in [-0.2, 0) is 4.74 Å². The maximum atomic E-state index is 10.9. The molecule has 1 aliphatic heterocycles. The lowest BCUT2D eigenvalue weighted by Gasteiger charge is -2.29.